The molecule has 0 spiro atoms. The lowest BCUT2D eigenvalue weighted by Crippen LogP contribution is -2.22. The Kier molecular flexibility index (Phi) is 3.72. The Morgan fingerprint density at radius 1 is 1.00 bits per heavy atom. The first kappa shape index (κ1) is 16.4. The molecule has 26 heavy (non-hydrogen) atoms. The van der Waals surface area contributed by atoms with Gasteiger partial charge in [0.25, 0.3) is 5.91 Å². The van der Waals surface area contributed by atoms with E-state index in [1.54, 1.807) is 0 Å². The molecule has 1 amide bonds. The average Bonchev–Trinajstić information content (AvgIpc) is 3.31. The molecule has 4 aromatic rings. The fourth-order valence-corrected chi connectivity index (χ4v) is 6.06. The molecule has 0 aliphatic carbocycles. The first-order valence-electron chi connectivity index (χ1n) is 7.55. The number of halogens is 2. The molecule has 8 heteroatoms. The molecule has 0 unspecified atom stereocenters. The van der Waals surface area contributed by atoms with E-state index in [9.17, 15) is 9.90 Å². The largest absolute Gasteiger partial charge is 0.494 e. The number of fused-ring (bicyclic) bond motifs is 2. The molecule has 0 saturated carbocycles. The van der Waals surface area contributed by atoms with E-state index in [0.717, 1.165) is 39.0 Å². The Balaban J connectivity index is 1.84. The van der Waals surface area contributed by atoms with Crippen LogP contribution in [0.1, 0.15) is 4.88 Å². The number of thiophene rings is 2. The van der Waals surface area contributed by atoms with Crippen LogP contribution in [-0.4, -0.2) is 16.0 Å². The molecule has 0 radical (unpaired) electrons. The summed E-state index contributed by atoms with van der Waals surface area (Å²) in [7, 11) is 0. The van der Waals surface area contributed by atoms with Crippen molar-refractivity contribution in [2.45, 2.75) is 0 Å². The fraction of sp³-hybridized carbons (Fsp3) is 0. The van der Waals surface area contributed by atoms with Crippen LogP contribution in [0, 0.1) is 0 Å². The first-order valence-corrected chi connectivity index (χ1v) is 10.8. The quantitative estimate of drug-likeness (QED) is 0.418. The number of rotatable bonds is 2. The average molecular weight is 508 g/mol. The van der Waals surface area contributed by atoms with Gasteiger partial charge in [-0.05, 0) is 68.3 Å². The van der Waals surface area contributed by atoms with Crippen molar-refractivity contribution in [2.24, 2.45) is 4.99 Å². The van der Waals surface area contributed by atoms with Crippen molar-refractivity contribution < 1.29 is 9.90 Å². The van der Waals surface area contributed by atoms with Crippen molar-refractivity contribution in [2.75, 3.05) is 0 Å². The molecule has 4 nitrogen and oxygen atoms in total. The van der Waals surface area contributed by atoms with E-state index in [0.29, 0.717) is 10.9 Å². The highest BCUT2D eigenvalue weighted by atomic mass is 79.9. The molecule has 0 atom stereocenters. The first-order chi connectivity index (χ1) is 12.5. The number of carbonyl (C=O) groups excluding carboxylic acids is 1. The van der Waals surface area contributed by atoms with Crippen LogP contribution in [0.2, 0.25) is 0 Å². The third-order valence-corrected chi connectivity index (χ3v) is 7.52. The zero-order valence-corrected chi connectivity index (χ0v) is 17.6. The summed E-state index contributed by atoms with van der Waals surface area (Å²) in [5.74, 6) is -0.114. The second-order valence-electron chi connectivity index (χ2n) is 5.76. The zero-order valence-electron chi connectivity index (χ0n) is 12.8. The van der Waals surface area contributed by atoms with Crippen molar-refractivity contribution in [3.8, 4) is 16.3 Å². The highest BCUT2D eigenvalue weighted by Crippen LogP contribution is 2.40. The van der Waals surface area contributed by atoms with Gasteiger partial charge in [0.05, 0.1) is 24.1 Å². The van der Waals surface area contributed by atoms with E-state index in [-0.39, 0.29) is 11.8 Å². The number of aromatic nitrogens is 1. The summed E-state index contributed by atoms with van der Waals surface area (Å²) < 4.78 is 1.95. The Bertz CT molecular complexity index is 1350. The van der Waals surface area contributed by atoms with E-state index in [2.05, 4.69) is 41.8 Å². The van der Waals surface area contributed by atoms with Gasteiger partial charge in [-0.3, -0.25) is 4.79 Å². The predicted molar refractivity (Wildman–Crippen MR) is 111 cm³/mol. The van der Waals surface area contributed by atoms with Crippen LogP contribution >= 0.6 is 54.5 Å². The minimum Gasteiger partial charge on any atom is -0.494 e. The van der Waals surface area contributed by atoms with Gasteiger partial charge < -0.3 is 10.1 Å². The number of benzene rings is 1. The lowest BCUT2D eigenvalue weighted by atomic mass is 10.1. The lowest BCUT2D eigenvalue weighted by molar-refractivity contribution is -0.112. The van der Waals surface area contributed by atoms with Gasteiger partial charge in [0.2, 0.25) is 0 Å². The van der Waals surface area contributed by atoms with Crippen molar-refractivity contribution in [1.82, 2.24) is 4.98 Å². The molecule has 0 bridgehead atoms. The normalized spacial score (nSPS) is 13.5. The van der Waals surface area contributed by atoms with E-state index in [1.165, 1.54) is 22.7 Å². The van der Waals surface area contributed by atoms with Crippen molar-refractivity contribution in [1.29, 1.82) is 0 Å². The summed E-state index contributed by atoms with van der Waals surface area (Å²) in [6, 6.07) is 11.5. The summed E-state index contributed by atoms with van der Waals surface area (Å²) >= 11 is 9.94. The molecule has 3 aromatic heterocycles. The van der Waals surface area contributed by atoms with Gasteiger partial charge in [-0.25, -0.2) is 4.99 Å². The molecule has 5 rings (SSSR count). The maximum Gasteiger partial charge on any atom is 0.279 e. The topological polar surface area (TPSA) is 65.4 Å². The minimum absolute atomic E-state index is 0.116. The van der Waals surface area contributed by atoms with Gasteiger partial charge in [-0.15, -0.1) is 22.7 Å². The fourth-order valence-electron chi connectivity index (χ4n) is 3.17. The summed E-state index contributed by atoms with van der Waals surface area (Å²) in [6.45, 7) is 0. The van der Waals surface area contributed by atoms with Gasteiger partial charge in [-0.1, -0.05) is 0 Å². The molecule has 2 N–H and O–H groups in total. The van der Waals surface area contributed by atoms with Crippen LogP contribution in [-0.2, 0) is 4.79 Å². The molecule has 1 aliphatic rings. The molecule has 1 aromatic carbocycles. The number of hydrogen-bond donors (Lipinski definition) is 2. The standard InChI is InChI=1S/C18H8Br2N2O2S2/c19-13-3-1-11(25-13)15-7-5-10-8(6-9(7)21-17(15)23)16(18(24)22-10)12-2-4-14(20)26-12/h1-6,21,23H. The Morgan fingerprint density at radius 3 is 2.35 bits per heavy atom. The van der Waals surface area contributed by atoms with Crippen LogP contribution in [0.25, 0.3) is 26.9 Å². The summed E-state index contributed by atoms with van der Waals surface area (Å²) in [5.41, 5.74) is 2.11. The van der Waals surface area contributed by atoms with Gasteiger partial charge in [0.15, 0.2) is 5.88 Å². The van der Waals surface area contributed by atoms with Gasteiger partial charge in [0, 0.05) is 25.9 Å². The molecule has 4 heterocycles. The molecule has 128 valence electrons. The summed E-state index contributed by atoms with van der Waals surface area (Å²) in [4.78, 5) is 21.6. The van der Waals surface area contributed by atoms with Gasteiger partial charge in [-0.2, -0.15) is 0 Å². The number of amides is 1. The second-order valence-corrected chi connectivity index (χ2v) is 10.7. The second kappa shape index (κ2) is 5.88. The number of aromatic amines is 1. The number of nitrogens with one attached hydrogen (secondary N) is 1. The maximum atomic E-state index is 12.5. The van der Waals surface area contributed by atoms with Crippen molar-refractivity contribution >= 4 is 76.9 Å². The molecule has 0 saturated heterocycles. The summed E-state index contributed by atoms with van der Waals surface area (Å²) in [5, 5.41) is 12.7. The van der Waals surface area contributed by atoms with Crippen molar-refractivity contribution in [3.63, 3.8) is 0 Å². The zero-order chi connectivity index (χ0) is 18.0. The van der Waals surface area contributed by atoms with Crippen LogP contribution in [0.5, 0.6) is 5.88 Å². The molecular formula is C18H8Br2N2O2S2. The van der Waals surface area contributed by atoms with Crippen molar-refractivity contribution in [3.05, 3.63) is 59.4 Å². The number of nitrogens with zero attached hydrogens (tertiary/aromatic N) is 1. The maximum absolute atomic E-state index is 12.5. The van der Waals surface area contributed by atoms with Crippen LogP contribution in [0.4, 0.5) is 0 Å². The Hall–Kier alpha value is -1.74. The van der Waals surface area contributed by atoms with Gasteiger partial charge in [0.1, 0.15) is 0 Å². The number of H-pyrrole nitrogens is 1. The van der Waals surface area contributed by atoms with E-state index in [4.69, 9.17) is 0 Å². The number of hydrogen-bond acceptors (Lipinski definition) is 4. The van der Waals surface area contributed by atoms with Crippen LogP contribution in [0.3, 0.4) is 0 Å². The highest BCUT2D eigenvalue weighted by molar-refractivity contribution is 9.11. The third-order valence-electron chi connectivity index (χ3n) is 4.24. The molecule has 1 aliphatic heterocycles. The van der Waals surface area contributed by atoms with E-state index < -0.39 is 0 Å². The Labute approximate surface area is 171 Å². The SMILES string of the molecule is O=C1N=c2cc3c(-c4ccc(Br)s4)c(O)[nH]c3cc2=C1c1ccc(Br)s1. The summed E-state index contributed by atoms with van der Waals surface area (Å²) in [6.07, 6.45) is 0. The Morgan fingerprint density at radius 2 is 1.69 bits per heavy atom. The van der Waals surface area contributed by atoms with E-state index in [1.807, 2.05) is 36.4 Å². The van der Waals surface area contributed by atoms with Crippen LogP contribution < -0.4 is 10.6 Å². The molecule has 0 fully saturated rings. The number of carbonyl (C=O) groups is 1. The predicted octanol–water partition coefficient (Wildman–Crippen LogP) is 4.55. The van der Waals surface area contributed by atoms with E-state index >= 15 is 0 Å². The molecular weight excluding hydrogens is 500 g/mol. The minimum atomic E-state index is -0.230. The third kappa shape index (κ3) is 2.44. The van der Waals surface area contributed by atoms with Crippen LogP contribution in [0.15, 0.2) is 49.0 Å². The highest BCUT2D eigenvalue weighted by Gasteiger charge is 2.22. The monoisotopic (exact) mass is 506 g/mol. The van der Waals surface area contributed by atoms with Gasteiger partial charge >= 0.3 is 0 Å². The lowest BCUT2D eigenvalue weighted by Gasteiger charge is -1.97. The smallest absolute Gasteiger partial charge is 0.279 e. The number of aromatic hydroxyl groups is 1.